The summed E-state index contributed by atoms with van der Waals surface area (Å²) in [5, 5.41) is 0. The summed E-state index contributed by atoms with van der Waals surface area (Å²) in [6.45, 7) is -2.06. The van der Waals surface area contributed by atoms with Gasteiger partial charge in [0, 0.05) is 31.6 Å². The Balaban J connectivity index is 1.64. The van der Waals surface area contributed by atoms with E-state index in [4.69, 9.17) is 0 Å². The van der Waals surface area contributed by atoms with Gasteiger partial charge in [-0.05, 0) is 22.3 Å². The second-order valence-corrected chi connectivity index (χ2v) is 19.0. The minimum absolute atomic E-state index is 0.414. The first-order valence-corrected chi connectivity index (χ1v) is 21.8. The average Bonchev–Trinajstić information content (AvgIpc) is 3.05. The van der Waals surface area contributed by atoms with Crippen LogP contribution in [-0.4, -0.2) is 59.9 Å². The van der Waals surface area contributed by atoms with Gasteiger partial charge in [-0.15, -0.1) is 0 Å². The van der Waals surface area contributed by atoms with Crippen molar-refractivity contribution in [2.45, 2.75) is 23.0 Å². The maximum Gasteiger partial charge on any atom is 0.215 e. The average molecular weight is 749 g/mol. The lowest BCUT2D eigenvalue weighted by Crippen LogP contribution is -2.57. The van der Waals surface area contributed by atoms with Crippen molar-refractivity contribution < 1.29 is 33.7 Å². The summed E-state index contributed by atoms with van der Waals surface area (Å²) in [6, 6.07) is 33.4. The van der Waals surface area contributed by atoms with Gasteiger partial charge in [0.15, 0.2) is 0 Å². The van der Waals surface area contributed by atoms with Crippen LogP contribution in [0.1, 0.15) is 22.3 Å². The van der Waals surface area contributed by atoms with Gasteiger partial charge in [-0.3, -0.25) is 0 Å². The van der Waals surface area contributed by atoms with E-state index in [0.717, 1.165) is 0 Å². The Bertz CT molecular complexity index is 1760. The smallest absolute Gasteiger partial charge is 0.214 e. The minimum atomic E-state index is -4.06. The maximum absolute atomic E-state index is 13.2. The van der Waals surface area contributed by atoms with Crippen molar-refractivity contribution in [1.29, 1.82) is 0 Å². The molecule has 0 heterocycles. The third-order valence-corrected chi connectivity index (χ3v) is 12.7. The summed E-state index contributed by atoms with van der Waals surface area (Å²) >= 11 is 0. The lowest BCUT2D eigenvalue weighted by atomic mass is 9.89. The number of benzene rings is 4. The van der Waals surface area contributed by atoms with Gasteiger partial charge >= 0.3 is 0 Å². The molecule has 49 heavy (non-hydrogen) atoms. The molecule has 0 atom stereocenters. The Hall–Kier alpha value is -3.48. The van der Waals surface area contributed by atoms with E-state index in [1.807, 2.05) is 0 Å². The molecule has 0 aromatic heterocycles. The molecule has 0 aliphatic carbocycles. The first-order chi connectivity index (χ1) is 23.1. The maximum atomic E-state index is 13.2. The molecule has 4 aromatic carbocycles. The van der Waals surface area contributed by atoms with Gasteiger partial charge in [0.05, 0.1) is 23.0 Å². The largest absolute Gasteiger partial charge is 0.215 e. The van der Waals surface area contributed by atoms with Crippen LogP contribution in [0.4, 0.5) is 0 Å². The molecule has 264 valence electrons. The zero-order chi connectivity index (χ0) is 35.4. The van der Waals surface area contributed by atoms with Crippen LogP contribution in [0, 0.1) is 5.41 Å². The van der Waals surface area contributed by atoms with Gasteiger partial charge in [-0.25, -0.2) is 52.6 Å². The van der Waals surface area contributed by atoms with E-state index in [1.54, 1.807) is 121 Å². The summed E-state index contributed by atoms with van der Waals surface area (Å²) in [4.78, 5) is 0. The number of rotatable bonds is 20. The molecule has 16 heteroatoms. The van der Waals surface area contributed by atoms with Gasteiger partial charge < -0.3 is 0 Å². The molecule has 0 radical (unpaired) electrons. The molecule has 0 saturated carbocycles. The quantitative estimate of drug-likeness (QED) is 0.106. The molecule has 4 N–H and O–H groups in total. The molecule has 0 bridgehead atoms. The van der Waals surface area contributed by atoms with E-state index < -0.39 is 94.7 Å². The molecule has 0 aliphatic heterocycles. The van der Waals surface area contributed by atoms with Crippen LogP contribution in [0.25, 0.3) is 0 Å². The van der Waals surface area contributed by atoms with Crippen LogP contribution in [0.2, 0.25) is 0 Å². The van der Waals surface area contributed by atoms with Crippen molar-refractivity contribution in [3.05, 3.63) is 144 Å². The van der Waals surface area contributed by atoms with Crippen LogP contribution in [-0.2, 0) is 63.1 Å². The molecule has 0 fully saturated rings. The second kappa shape index (κ2) is 17.0. The SMILES string of the molecule is O=S(=O)(Cc1ccccc1)NCC(CNS(=O)(=O)Cc1ccccc1)(CNS(=O)(=O)Cc1ccccc1)CNS(=O)(=O)Cc1ccccc1. The standard InChI is InChI=1S/C33H40N4O8S4/c38-46(39,21-29-13-5-1-6-14-29)34-25-33(26-35-47(40,41)22-30-15-7-2-8-16-30,27-36-48(42,43)23-31-17-9-3-10-18-31)28-37-49(44,45)24-32-19-11-4-12-20-32/h1-20,34-37H,21-28H2. The van der Waals surface area contributed by atoms with Gasteiger partial charge in [0.25, 0.3) is 0 Å². The van der Waals surface area contributed by atoms with Gasteiger partial charge in [-0.2, -0.15) is 0 Å². The Morgan fingerprint density at radius 2 is 0.510 bits per heavy atom. The van der Waals surface area contributed by atoms with E-state index in [-0.39, 0.29) is 0 Å². The Morgan fingerprint density at radius 3 is 0.694 bits per heavy atom. The molecular weight excluding hydrogens is 709 g/mol. The lowest BCUT2D eigenvalue weighted by molar-refractivity contribution is 0.289. The molecule has 0 saturated heterocycles. The zero-order valence-electron chi connectivity index (χ0n) is 26.6. The van der Waals surface area contributed by atoms with Crippen molar-refractivity contribution in [3.63, 3.8) is 0 Å². The first kappa shape index (κ1) is 38.3. The predicted octanol–water partition coefficient (Wildman–Crippen LogP) is 2.45. The van der Waals surface area contributed by atoms with E-state index in [2.05, 4.69) is 18.9 Å². The Kier molecular flexibility index (Phi) is 13.3. The molecule has 4 aromatic rings. The predicted molar refractivity (Wildman–Crippen MR) is 191 cm³/mol. The van der Waals surface area contributed by atoms with Gasteiger partial charge in [-0.1, -0.05) is 121 Å². The first-order valence-electron chi connectivity index (χ1n) is 15.2. The van der Waals surface area contributed by atoms with Crippen LogP contribution < -0.4 is 18.9 Å². The molecule has 0 spiro atoms. The summed E-state index contributed by atoms with van der Waals surface area (Å²) in [7, 11) is -16.2. The molecular formula is C33H40N4O8S4. The lowest BCUT2D eigenvalue weighted by Gasteiger charge is -2.34. The molecule has 0 amide bonds. The van der Waals surface area contributed by atoms with Crippen molar-refractivity contribution >= 4 is 40.1 Å². The number of hydrogen-bond acceptors (Lipinski definition) is 8. The summed E-state index contributed by atoms with van der Waals surface area (Å²) in [6.07, 6.45) is 0. The number of hydrogen-bond donors (Lipinski definition) is 4. The van der Waals surface area contributed by atoms with Crippen LogP contribution in [0.5, 0.6) is 0 Å². The summed E-state index contributed by atoms with van der Waals surface area (Å²) in [5.74, 6) is -1.65. The molecule has 4 rings (SSSR count). The fraction of sp³-hybridized carbons (Fsp3) is 0.273. The highest BCUT2D eigenvalue weighted by atomic mass is 32.2. The van der Waals surface area contributed by atoms with E-state index >= 15 is 0 Å². The minimum Gasteiger partial charge on any atom is -0.214 e. The zero-order valence-corrected chi connectivity index (χ0v) is 29.9. The third kappa shape index (κ3) is 13.7. The molecule has 0 unspecified atom stereocenters. The number of sulfonamides is 4. The normalized spacial score (nSPS) is 12.9. The van der Waals surface area contributed by atoms with Crippen LogP contribution >= 0.6 is 0 Å². The Morgan fingerprint density at radius 1 is 0.327 bits per heavy atom. The van der Waals surface area contributed by atoms with E-state index in [0.29, 0.717) is 22.3 Å². The fourth-order valence-corrected chi connectivity index (χ4v) is 9.84. The van der Waals surface area contributed by atoms with Gasteiger partial charge in [0.2, 0.25) is 40.1 Å². The second-order valence-electron chi connectivity index (χ2n) is 11.8. The van der Waals surface area contributed by atoms with Crippen molar-refractivity contribution in [1.82, 2.24) is 18.9 Å². The monoisotopic (exact) mass is 748 g/mol. The highest BCUT2D eigenvalue weighted by Crippen LogP contribution is 2.19. The van der Waals surface area contributed by atoms with Crippen LogP contribution in [0.15, 0.2) is 121 Å². The van der Waals surface area contributed by atoms with E-state index in [9.17, 15) is 33.7 Å². The highest BCUT2D eigenvalue weighted by Gasteiger charge is 2.36. The van der Waals surface area contributed by atoms with Crippen molar-refractivity contribution in [2.24, 2.45) is 5.41 Å². The van der Waals surface area contributed by atoms with Crippen LogP contribution in [0.3, 0.4) is 0 Å². The molecule has 12 nitrogen and oxygen atoms in total. The summed E-state index contributed by atoms with van der Waals surface area (Å²) in [5.41, 5.74) is 0.279. The summed E-state index contributed by atoms with van der Waals surface area (Å²) < 4.78 is 116. The van der Waals surface area contributed by atoms with E-state index in [1.165, 1.54) is 0 Å². The van der Waals surface area contributed by atoms with Crippen molar-refractivity contribution in [2.75, 3.05) is 26.2 Å². The molecule has 0 aliphatic rings. The van der Waals surface area contributed by atoms with Gasteiger partial charge in [0.1, 0.15) is 0 Å². The Labute approximate surface area is 289 Å². The number of nitrogens with one attached hydrogen (secondary N) is 4. The topological polar surface area (TPSA) is 185 Å². The highest BCUT2D eigenvalue weighted by molar-refractivity contribution is 7.89. The van der Waals surface area contributed by atoms with Crippen molar-refractivity contribution in [3.8, 4) is 0 Å². The fourth-order valence-electron chi connectivity index (χ4n) is 4.81. The third-order valence-electron chi connectivity index (χ3n) is 7.47.